The number of hydrogen-bond acceptors (Lipinski definition) is 2. The SMILES string of the molecule is N[C@H](CC(=O)O)c1cc(F)cc(Cl)c1. The second kappa shape index (κ2) is 4.39. The third-order valence-electron chi connectivity index (χ3n) is 1.71. The Balaban J connectivity index is 2.89. The minimum atomic E-state index is -1.03. The van der Waals surface area contributed by atoms with Crippen molar-refractivity contribution in [2.24, 2.45) is 5.73 Å². The fraction of sp³-hybridized carbons (Fsp3) is 0.222. The first-order valence-electron chi connectivity index (χ1n) is 3.92. The summed E-state index contributed by atoms with van der Waals surface area (Å²) in [7, 11) is 0. The monoisotopic (exact) mass is 217 g/mol. The average Bonchev–Trinajstić information content (AvgIpc) is 2.00. The van der Waals surface area contributed by atoms with Gasteiger partial charge in [-0.2, -0.15) is 0 Å². The molecule has 0 heterocycles. The van der Waals surface area contributed by atoms with Crippen molar-refractivity contribution in [2.45, 2.75) is 12.5 Å². The third-order valence-corrected chi connectivity index (χ3v) is 1.93. The lowest BCUT2D eigenvalue weighted by atomic mass is 10.0. The van der Waals surface area contributed by atoms with Crippen molar-refractivity contribution in [1.29, 1.82) is 0 Å². The number of hydrogen-bond donors (Lipinski definition) is 2. The zero-order chi connectivity index (χ0) is 10.7. The lowest BCUT2D eigenvalue weighted by Gasteiger charge is -2.09. The molecule has 0 saturated carbocycles. The van der Waals surface area contributed by atoms with Crippen LogP contribution in [-0.2, 0) is 4.79 Å². The summed E-state index contributed by atoms with van der Waals surface area (Å²) in [5, 5.41) is 8.69. The molecule has 5 heteroatoms. The molecule has 0 spiro atoms. The van der Waals surface area contributed by atoms with Crippen LogP contribution in [0.15, 0.2) is 18.2 Å². The second-order valence-corrected chi connectivity index (χ2v) is 3.34. The summed E-state index contributed by atoms with van der Waals surface area (Å²) in [4.78, 5) is 10.3. The fourth-order valence-corrected chi connectivity index (χ4v) is 1.33. The number of aliphatic carboxylic acids is 1. The Bertz CT molecular complexity index is 336. The summed E-state index contributed by atoms with van der Waals surface area (Å²) >= 11 is 5.59. The molecule has 0 aliphatic heterocycles. The molecule has 0 aliphatic rings. The number of benzene rings is 1. The van der Waals surface area contributed by atoms with E-state index in [0.29, 0.717) is 5.56 Å². The van der Waals surface area contributed by atoms with Crippen molar-refractivity contribution >= 4 is 17.6 Å². The van der Waals surface area contributed by atoms with Gasteiger partial charge >= 0.3 is 5.97 Å². The number of carbonyl (C=O) groups is 1. The van der Waals surface area contributed by atoms with E-state index in [1.165, 1.54) is 12.1 Å². The first-order chi connectivity index (χ1) is 6.49. The Labute approximate surface area is 85.3 Å². The zero-order valence-electron chi connectivity index (χ0n) is 7.21. The highest BCUT2D eigenvalue weighted by Gasteiger charge is 2.12. The van der Waals surface area contributed by atoms with Crippen LogP contribution in [-0.4, -0.2) is 11.1 Å². The van der Waals surface area contributed by atoms with Crippen molar-refractivity contribution in [3.8, 4) is 0 Å². The van der Waals surface area contributed by atoms with Crippen LogP contribution in [0.2, 0.25) is 5.02 Å². The predicted octanol–water partition coefficient (Wildman–Crippen LogP) is 1.95. The molecule has 1 aromatic carbocycles. The summed E-state index contributed by atoms with van der Waals surface area (Å²) < 4.78 is 12.8. The molecule has 0 amide bonds. The molecule has 14 heavy (non-hydrogen) atoms. The van der Waals surface area contributed by atoms with Crippen LogP contribution in [0, 0.1) is 5.82 Å². The van der Waals surface area contributed by atoms with Gasteiger partial charge in [0, 0.05) is 11.1 Å². The van der Waals surface area contributed by atoms with Crippen molar-refractivity contribution in [3.63, 3.8) is 0 Å². The highest BCUT2D eigenvalue weighted by molar-refractivity contribution is 6.30. The van der Waals surface area contributed by atoms with Crippen molar-refractivity contribution < 1.29 is 14.3 Å². The molecule has 0 fully saturated rings. The fourth-order valence-electron chi connectivity index (χ4n) is 1.10. The van der Waals surface area contributed by atoms with Gasteiger partial charge in [0.15, 0.2) is 0 Å². The van der Waals surface area contributed by atoms with E-state index >= 15 is 0 Å². The summed E-state index contributed by atoms with van der Waals surface area (Å²) in [5.74, 6) is -1.55. The highest BCUT2D eigenvalue weighted by atomic mass is 35.5. The van der Waals surface area contributed by atoms with Crippen LogP contribution >= 0.6 is 11.6 Å². The Hall–Kier alpha value is -1.13. The van der Waals surface area contributed by atoms with Gasteiger partial charge in [-0.1, -0.05) is 11.6 Å². The van der Waals surface area contributed by atoms with E-state index in [0.717, 1.165) is 6.07 Å². The van der Waals surface area contributed by atoms with Gasteiger partial charge in [0.1, 0.15) is 5.82 Å². The zero-order valence-corrected chi connectivity index (χ0v) is 7.96. The summed E-state index contributed by atoms with van der Waals surface area (Å²) in [6.07, 6.45) is -0.250. The maximum absolute atomic E-state index is 12.8. The molecule has 3 N–H and O–H groups in total. The van der Waals surface area contributed by atoms with Crippen molar-refractivity contribution in [3.05, 3.63) is 34.6 Å². The molecular weight excluding hydrogens is 209 g/mol. The lowest BCUT2D eigenvalue weighted by molar-refractivity contribution is -0.137. The van der Waals surface area contributed by atoms with E-state index in [9.17, 15) is 9.18 Å². The van der Waals surface area contributed by atoms with E-state index in [1.807, 2.05) is 0 Å². The molecule has 0 aromatic heterocycles. The number of carboxylic acids is 1. The van der Waals surface area contributed by atoms with Crippen LogP contribution in [0.25, 0.3) is 0 Å². The molecule has 1 rings (SSSR count). The minimum Gasteiger partial charge on any atom is -0.481 e. The van der Waals surface area contributed by atoms with Gasteiger partial charge < -0.3 is 10.8 Å². The summed E-state index contributed by atoms with van der Waals surface area (Å²) in [6.45, 7) is 0. The van der Waals surface area contributed by atoms with E-state index in [2.05, 4.69) is 0 Å². The van der Waals surface area contributed by atoms with E-state index < -0.39 is 17.8 Å². The molecule has 0 bridgehead atoms. The Morgan fingerprint density at radius 2 is 2.21 bits per heavy atom. The minimum absolute atomic E-state index is 0.209. The molecular formula is C9H9ClFNO2. The largest absolute Gasteiger partial charge is 0.481 e. The van der Waals surface area contributed by atoms with Gasteiger partial charge in [-0.05, 0) is 23.8 Å². The van der Waals surface area contributed by atoms with Crippen LogP contribution < -0.4 is 5.73 Å². The normalized spacial score (nSPS) is 12.5. The lowest BCUT2D eigenvalue weighted by Crippen LogP contribution is -2.15. The molecule has 76 valence electrons. The van der Waals surface area contributed by atoms with Crippen LogP contribution in [0.5, 0.6) is 0 Å². The highest BCUT2D eigenvalue weighted by Crippen LogP contribution is 2.20. The maximum Gasteiger partial charge on any atom is 0.305 e. The predicted molar refractivity (Wildman–Crippen MR) is 50.6 cm³/mol. The molecule has 1 atom stereocenters. The standard InChI is InChI=1S/C9H9ClFNO2/c10-6-1-5(2-7(11)3-6)8(12)4-9(13)14/h1-3,8H,4,12H2,(H,13,14)/t8-/m1/s1. The van der Waals surface area contributed by atoms with Crippen LogP contribution in [0.1, 0.15) is 18.0 Å². The smallest absolute Gasteiger partial charge is 0.305 e. The molecule has 1 aromatic rings. The van der Waals surface area contributed by atoms with E-state index in [4.69, 9.17) is 22.4 Å². The Morgan fingerprint density at radius 3 is 2.71 bits per heavy atom. The summed E-state index contributed by atoms with van der Waals surface area (Å²) in [5.41, 5.74) is 5.91. The van der Waals surface area contributed by atoms with Gasteiger partial charge in [0.2, 0.25) is 0 Å². The van der Waals surface area contributed by atoms with Crippen LogP contribution in [0.3, 0.4) is 0 Å². The third kappa shape index (κ3) is 2.97. The van der Waals surface area contributed by atoms with E-state index in [-0.39, 0.29) is 11.4 Å². The van der Waals surface area contributed by atoms with Crippen molar-refractivity contribution in [2.75, 3.05) is 0 Å². The quantitative estimate of drug-likeness (QED) is 0.814. The van der Waals surface area contributed by atoms with Gasteiger partial charge in [-0.25, -0.2) is 4.39 Å². The molecule has 0 unspecified atom stereocenters. The topological polar surface area (TPSA) is 63.3 Å². The first kappa shape index (κ1) is 10.9. The molecule has 0 saturated heterocycles. The number of carboxylic acid groups (broad SMARTS) is 1. The van der Waals surface area contributed by atoms with Crippen molar-refractivity contribution in [1.82, 2.24) is 0 Å². The Kier molecular flexibility index (Phi) is 3.43. The number of rotatable bonds is 3. The average molecular weight is 218 g/mol. The van der Waals surface area contributed by atoms with Crippen LogP contribution in [0.4, 0.5) is 4.39 Å². The Morgan fingerprint density at radius 1 is 1.57 bits per heavy atom. The van der Waals surface area contributed by atoms with Gasteiger partial charge in [0.25, 0.3) is 0 Å². The molecule has 0 radical (unpaired) electrons. The first-order valence-corrected chi connectivity index (χ1v) is 4.30. The van der Waals surface area contributed by atoms with Gasteiger partial charge in [0.05, 0.1) is 6.42 Å². The summed E-state index contributed by atoms with van der Waals surface area (Å²) in [6, 6.07) is 3.04. The van der Waals surface area contributed by atoms with E-state index in [1.54, 1.807) is 0 Å². The molecule has 0 aliphatic carbocycles. The number of nitrogens with two attached hydrogens (primary N) is 1. The molecule has 3 nitrogen and oxygen atoms in total. The van der Waals surface area contributed by atoms with Gasteiger partial charge in [-0.15, -0.1) is 0 Å². The number of halogens is 2. The maximum atomic E-state index is 12.8. The van der Waals surface area contributed by atoms with Gasteiger partial charge in [-0.3, -0.25) is 4.79 Å². The second-order valence-electron chi connectivity index (χ2n) is 2.91.